The molecule has 0 fully saturated rings. The number of aromatic nitrogens is 2. The molecule has 0 aliphatic carbocycles. The lowest BCUT2D eigenvalue weighted by Crippen LogP contribution is -2.07. The van der Waals surface area contributed by atoms with Crippen LogP contribution in [0.15, 0.2) is 18.3 Å². The molecule has 7 heteroatoms. The number of nitrogens with one attached hydrogen (secondary N) is 1. The van der Waals surface area contributed by atoms with Crippen LogP contribution in [-0.2, 0) is 13.6 Å². The smallest absolute Gasteiger partial charge is 0.338 e. The van der Waals surface area contributed by atoms with Gasteiger partial charge in [0.05, 0.1) is 16.9 Å². The van der Waals surface area contributed by atoms with Crippen LogP contribution in [0.2, 0.25) is 0 Å². The molecular weight excluding hydrogens is 268 g/mol. The maximum Gasteiger partial charge on any atom is 0.338 e. The highest BCUT2D eigenvalue weighted by molar-refractivity contribution is 5.89. The number of carboxylic acids is 1. The number of carboxylic acid groups (broad SMARTS) is 1. The van der Waals surface area contributed by atoms with E-state index in [1.807, 2.05) is 0 Å². The average molecular weight is 281 g/mol. The van der Waals surface area contributed by atoms with E-state index in [9.17, 15) is 13.6 Å². The molecular formula is C13H13F2N3O2. The van der Waals surface area contributed by atoms with Crippen molar-refractivity contribution in [1.29, 1.82) is 0 Å². The minimum atomic E-state index is -1.44. The van der Waals surface area contributed by atoms with E-state index >= 15 is 0 Å². The largest absolute Gasteiger partial charge is 0.478 e. The Balaban J connectivity index is 2.23. The minimum Gasteiger partial charge on any atom is -0.478 e. The molecule has 0 saturated carbocycles. The summed E-state index contributed by atoms with van der Waals surface area (Å²) in [5.41, 5.74) is 0.984. The number of aromatic carboxylic acids is 1. The average Bonchev–Trinajstić information content (AvgIpc) is 2.66. The first-order valence-electron chi connectivity index (χ1n) is 5.84. The molecule has 0 aliphatic heterocycles. The summed E-state index contributed by atoms with van der Waals surface area (Å²) in [7, 11) is 1.76. The molecule has 20 heavy (non-hydrogen) atoms. The zero-order valence-electron chi connectivity index (χ0n) is 10.9. The van der Waals surface area contributed by atoms with Crippen LogP contribution < -0.4 is 5.32 Å². The van der Waals surface area contributed by atoms with Gasteiger partial charge in [0.1, 0.15) is 11.6 Å². The second-order valence-electron chi connectivity index (χ2n) is 4.38. The lowest BCUT2D eigenvalue weighted by atomic mass is 10.1. The Morgan fingerprint density at radius 2 is 2.10 bits per heavy atom. The van der Waals surface area contributed by atoms with E-state index in [1.165, 1.54) is 0 Å². The Labute approximate surface area is 113 Å². The highest BCUT2D eigenvalue weighted by Gasteiger charge is 2.15. The molecule has 0 spiro atoms. The lowest BCUT2D eigenvalue weighted by molar-refractivity contribution is 0.0692. The van der Waals surface area contributed by atoms with Crippen molar-refractivity contribution in [2.45, 2.75) is 13.5 Å². The zero-order chi connectivity index (χ0) is 14.9. The number of rotatable bonds is 4. The summed E-state index contributed by atoms with van der Waals surface area (Å²) in [5.74, 6) is -3.38. The maximum atomic E-state index is 13.6. The van der Waals surface area contributed by atoms with Gasteiger partial charge in [0, 0.05) is 31.4 Å². The highest BCUT2D eigenvalue weighted by atomic mass is 19.1. The summed E-state index contributed by atoms with van der Waals surface area (Å²) >= 11 is 0. The van der Waals surface area contributed by atoms with Crippen LogP contribution in [0, 0.1) is 18.6 Å². The van der Waals surface area contributed by atoms with Crippen molar-refractivity contribution in [3.05, 3.63) is 46.8 Å². The van der Waals surface area contributed by atoms with Gasteiger partial charge in [-0.15, -0.1) is 0 Å². The third kappa shape index (κ3) is 2.76. The number of benzene rings is 1. The van der Waals surface area contributed by atoms with Gasteiger partial charge in [-0.05, 0) is 13.0 Å². The summed E-state index contributed by atoms with van der Waals surface area (Å²) in [5, 5.41) is 15.7. The van der Waals surface area contributed by atoms with Crippen LogP contribution >= 0.6 is 0 Å². The molecule has 1 aromatic carbocycles. The van der Waals surface area contributed by atoms with Crippen LogP contribution in [-0.4, -0.2) is 20.9 Å². The van der Waals surface area contributed by atoms with E-state index in [4.69, 9.17) is 5.11 Å². The molecule has 0 unspecified atom stereocenters. The molecule has 5 nitrogen and oxygen atoms in total. The van der Waals surface area contributed by atoms with Gasteiger partial charge >= 0.3 is 5.97 Å². The number of anilines is 1. The van der Waals surface area contributed by atoms with Crippen molar-refractivity contribution in [3.8, 4) is 0 Å². The van der Waals surface area contributed by atoms with Crippen molar-refractivity contribution in [3.63, 3.8) is 0 Å². The van der Waals surface area contributed by atoms with Crippen LogP contribution in [0.3, 0.4) is 0 Å². The molecule has 0 radical (unpaired) electrons. The first-order valence-corrected chi connectivity index (χ1v) is 5.84. The molecule has 1 aromatic heterocycles. The van der Waals surface area contributed by atoms with Crippen molar-refractivity contribution < 1.29 is 18.7 Å². The number of aryl methyl sites for hydroxylation is 2. The van der Waals surface area contributed by atoms with Crippen molar-refractivity contribution in [1.82, 2.24) is 9.78 Å². The Morgan fingerprint density at radius 1 is 1.40 bits per heavy atom. The Hall–Kier alpha value is -2.44. The molecule has 2 rings (SSSR count). The molecule has 0 atom stereocenters. The van der Waals surface area contributed by atoms with Gasteiger partial charge in [0.15, 0.2) is 0 Å². The van der Waals surface area contributed by atoms with Gasteiger partial charge in [-0.1, -0.05) is 0 Å². The predicted molar refractivity (Wildman–Crippen MR) is 68.6 cm³/mol. The predicted octanol–water partition coefficient (Wildman–Crippen LogP) is 2.32. The van der Waals surface area contributed by atoms with Gasteiger partial charge in [0.25, 0.3) is 0 Å². The highest BCUT2D eigenvalue weighted by Crippen LogP contribution is 2.20. The van der Waals surface area contributed by atoms with E-state index in [-0.39, 0.29) is 12.2 Å². The molecule has 2 N–H and O–H groups in total. The van der Waals surface area contributed by atoms with Crippen LogP contribution in [0.4, 0.5) is 14.5 Å². The van der Waals surface area contributed by atoms with Gasteiger partial charge in [0.2, 0.25) is 0 Å². The quantitative estimate of drug-likeness (QED) is 0.902. The fraction of sp³-hybridized carbons (Fsp3) is 0.231. The Morgan fingerprint density at radius 3 is 2.65 bits per heavy atom. The number of carbonyl (C=O) groups is 1. The van der Waals surface area contributed by atoms with E-state index < -0.39 is 23.2 Å². The fourth-order valence-electron chi connectivity index (χ4n) is 1.86. The molecule has 0 amide bonds. The van der Waals surface area contributed by atoms with Crippen LogP contribution in [0.25, 0.3) is 0 Å². The van der Waals surface area contributed by atoms with Gasteiger partial charge in [-0.3, -0.25) is 4.68 Å². The van der Waals surface area contributed by atoms with E-state index in [1.54, 1.807) is 24.9 Å². The lowest BCUT2D eigenvalue weighted by Gasteiger charge is -2.08. The van der Waals surface area contributed by atoms with Crippen molar-refractivity contribution in [2.24, 2.45) is 7.05 Å². The molecule has 0 aliphatic rings. The van der Waals surface area contributed by atoms with E-state index in [2.05, 4.69) is 10.4 Å². The van der Waals surface area contributed by atoms with Crippen LogP contribution in [0.1, 0.15) is 21.6 Å². The van der Waals surface area contributed by atoms with Crippen LogP contribution in [0.5, 0.6) is 0 Å². The molecule has 1 heterocycles. The molecule has 106 valence electrons. The second-order valence-corrected chi connectivity index (χ2v) is 4.38. The number of halogens is 2. The number of nitrogens with zero attached hydrogens (tertiary/aromatic N) is 2. The van der Waals surface area contributed by atoms with Gasteiger partial charge in [-0.25, -0.2) is 13.6 Å². The number of hydrogen-bond acceptors (Lipinski definition) is 3. The minimum absolute atomic E-state index is 0.0629. The Kier molecular flexibility index (Phi) is 3.69. The fourth-order valence-corrected chi connectivity index (χ4v) is 1.86. The maximum absolute atomic E-state index is 13.6. The van der Waals surface area contributed by atoms with E-state index in [0.717, 1.165) is 17.3 Å². The second kappa shape index (κ2) is 5.28. The van der Waals surface area contributed by atoms with Gasteiger partial charge in [-0.2, -0.15) is 5.10 Å². The Bertz CT molecular complexity index is 668. The van der Waals surface area contributed by atoms with Crippen molar-refractivity contribution >= 4 is 11.7 Å². The molecule has 2 aromatic rings. The first kappa shape index (κ1) is 14.0. The molecule has 0 saturated heterocycles. The zero-order valence-corrected chi connectivity index (χ0v) is 10.9. The summed E-state index contributed by atoms with van der Waals surface area (Å²) in [4.78, 5) is 10.8. The summed E-state index contributed by atoms with van der Waals surface area (Å²) in [6, 6.07) is 1.50. The first-order chi connectivity index (χ1) is 9.38. The van der Waals surface area contributed by atoms with Gasteiger partial charge < -0.3 is 10.4 Å². The summed E-state index contributed by atoms with van der Waals surface area (Å²) in [6.07, 6.45) is 1.77. The normalized spacial score (nSPS) is 10.6. The monoisotopic (exact) mass is 281 g/mol. The number of hydrogen-bond donors (Lipinski definition) is 2. The molecule has 0 bridgehead atoms. The summed E-state index contributed by atoms with van der Waals surface area (Å²) in [6.45, 7) is 2.07. The topological polar surface area (TPSA) is 67.2 Å². The SMILES string of the molecule is Cc1nn(C)cc1CNc1cc(C(=O)O)c(F)cc1F. The standard InChI is InChI=1S/C13H13F2N3O2/c1-7-8(6-18(2)17-7)5-16-12-3-9(13(19)20)10(14)4-11(12)15/h3-4,6,16H,5H2,1-2H3,(H,19,20). The van der Waals surface area contributed by atoms with E-state index in [0.29, 0.717) is 6.07 Å². The third-order valence-electron chi connectivity index (χ3n) is 2.87. The van der Waals surface area contributed by atoms with Crippen molar-refractivity contribution in [2.75, 3.05) is 5.32 Å². The summed E-state index contributed by atoms with van der Waals surface area (Å²) < 4.78 is 28.5. The third-order valence-corrected chi connectivity index (χ3v) is 2.87.